The van der Waals surface area contributed by atoms with E-state index in [1.807, 2.05) is 0 Å². The molecule has 1 saturated carbocycles. The van der Waals surface area contributed by atoms with Crippen LogP contribution in [0.1, 0.15) is 49.0 Å². The third kappa shape index (κ3) is 4.24. The van der Waals surface area contributed by atoms with Crippen LogP contribution in [0, 0.1) is 5.92 Å². The molecule has 7 heteroatoms. The molecule has 0 aromatic carbocycles. The van der Waals surface area contributed by atoms with Gasteiger partial charge in [-0.05, 0) is 57.2 Å². The zero-order chi connectivity index (χ0) is 18.8. The van der Waals surface area contributed by atoms with Crippen molar-refractivity contribution in [2.24, 2.45) is 5.92 Å². The summed E-state index contributed by atoms with van der Waals surface area (Å²) in [6, 6.07) is 3.95. The molecule has 3 fully saturated rings. The summed E-state index contributed by atoms with van der Waals surface area (Å²) < 4.78 is 0. The molecule has 2 amide bonds. The lowest BCUT2D eigenvalue weighted by Crippen LogP contribution is -2.51. The monoisotopic (exact) mass is 372 g/mol. The number of carbonyl (C=O) groups excluding carboxylic acids is 2. The fraction of sp³-hybridized carbons (Fsp3) is 0.650. The minimum absolute atomic E-state index is 0.0647. The number of nitrogens with zero attached hydrogens (tertiary/aromatic N) is 3. The Bertz CT molecular complexity index is 698. The van der Waals surface area contributed by atoms with E-state index in [1.54, 1.807) is 11.0 Å². The van der Waals surface area contributed by atoms with Crippen molar-refractivity contribution in [3.05, 3.63) is 24.0 Å². The van der Waals surface area contributed by atoms with Crippen LogP contribution < -0.4 is 5.32 Å². The summed E-state index contributed by atoms with van der Waals surface area (Å²) in [6.45, 7) is 3.19. The first-order valence-electron chi connectivity index (χ1n) is 10.1. The molecule has 1 aromatic rings. The van der Waals surface area contributed by atoms with Crippen LogP contribution >= 0.6 is 0 Å². The molecule has 1 aromatic heterocycles. The average molecular weight is 372 g/mol. The van der Waals surface area contributed by atoms with Gasteiger partial charge in [-0.25, -0.2) is 4.98 Å². The Balaban J connectivity index is 1.30. The fourth-order valence-electron chi connectivity index (χ4n) is 4.24. The first-order valence-corrected chi connectivity index (χ1v) is 10.1. The van der Waals surface area contributed by atoms with Crippen molar-refractivity contribution in [3.8, 4) is 5.75 Å². The van der Waals surface area contributed by atoms with Crippen LogP contribution in [-0.2, 0) is 4.79 Å². The number of aromatic nitrogens is 1. The van der Waals surface area contributed by atoms with Crippen LogP contribution in [0.25, 0.3) is 0 Å². The number of rotatable bonds is 4. The molecule has 2 saturated heterocycles. The minimum atomic E-state index is -0.202. The SMILES string of the molecule is O=C(NC1CC1)C1CCCN(C2CCN(C(=O)c3ncccc3O)CC2)C1. The van der Waals surface area contributed by atoms with Crippen LogP contribution in [0.4, 0.5) is 0 Å². The predicted octanol–water partition coefficient (Wildman–Crippen LogP) is 1.38. The number of likely N-dealkylation sites (tertiary alicyclic amines) is 2. The maximum Gasteiger partial charge on any atom is 0.276 e. The smallest absolute Gasteiger partial charge is 0.276 e. The molecule has 0 radical (unpaired) electrons. The number of pyridine rings is 1. The van der Waals surface area contributed by atoms with Gasteiger partial charge in [-0.1, -0.05) is 0 Å². The van der Waals surface area contributed by atoms with Crippen LogP contribution in [0.5, 0.6) is 5.75 Å². The molecule has 0 spiro atoms. The molecule has 3 aliphatic rings. The Kier molecular flexibility index (Phi) is 5.29. The van der Waals surface area contributed by atoms with E-state index in [4.69, 9.17) is 0 Å². The van der Waals surface area contributed by atoms with Crippen LogP contribution in [0.15, 0.2) is 18.3 Å². The number of carbonyl (C=O) groups is 2. The van der Waals surface area contributed by atoms with Gasteiger partial charge < -0.3 is 15.3 Å². The largest absolute Gasteiger partial charge is 0.505 e. The molecule has 2 aliphatic heterocycles. The predicted molar refractivity (Wildman–Crippen MR) is 100 cm³/mol. The zero-order valence-electron chi connectivity index (χ0n) is 15.6. The van der Waals surface area contributed by atoms with E-state index in [0.717, 1.165) is 51.6 Å². The highest BCUT2D eigenvalue weighted by Gasteiger charge is 2.34. The van der Waals surface area contributed by atoms with Gasteiger partial charge in [0.15, 0.2) is 5.69 Å². The summed E-state index contributed by atoms with van der Waals surface area (Å²) in [6.07, 6.45) is 7.61. The normalized spacial score (nSPS) is 24.6. The van der Waals surface area contributed by atoms with Gasteiger partial charge in [-0.15, -0.1) is 0 Å². The first kappa shape index (κ1) is 18.2. The van der Waals surface area contributed by atoms with Gasteiger partial charge in [-0.3, -0.25) is 14.5 Å². The van der Waals surface area contributed by atoms with Crippen LogP contribution in [0.3, 0.4) is 0 Å². The van der Waals surface area contributed by atoms with Crippen molar-refractivity contribution in [1.29, 1.82) is 0 Å². The fourth-order valence-corrected chi connectivity index (χ4v) is 4.24. The van der Waals surface area contributed by atoms with Crippen molar-refractivity contribution in [1.82, 2.24) is 20.1 Å². The number of hydrogen-bond donors (Lipinski definition) is 2. The lowest BCUT2D eigenvalue weighted by Gasteiger charge is -2.42. The highest BCUT2D eigenvalue weighted by atomic mass is 16.3. The Morgan fingerprint density at radius 2 is 1.89 bits per heavy atom. The molecule has 146 valence electrons. The minimum Gasteiger partial charge on any atom is -0.505 e. The number of hydrogen-bond acceptors (Lipinski definition) is 5. The standard InChI is InChI=1S/C20H28N4O3/c25-17-4-1-9-21-18(17)20(27)23-11-7-16(8-12-23)24-10-2-3-14(13-24)19(26)22-15-5-6-15/h1,4,9,14-16,25H,2-3,5-8,10-13H2,(H,22,26). The van der Waals surface area contributed by atoms with Crippen LogP contribution in [-0.4, -0.2) is 70.0 Å². The molecule has 3 heterocycles. The van der Waals surface area contributed by atoms with Gasteiger partial charge in [0.05, 0.1) is 5.92 Å². The molecular formula is C20H28N4O3. The number of aromatic hydroxyl groups is 1. The third-order valence-electron chi connectivity index (χ3n) is 6.00. The van der Waals surface area contributed by atoms with Gasteiger partial charge >= 0.3 is 0 Å². The second-order valence-electron chi connectivity index (χ2n) is 8.01. The topological polar surface area (TPSA) is 85.8 Å². The van der Waals surface area contributed by atoms with Gasteiger partial charge in [0, 0.05) is 37.9 Å². The lowest BCUT2D eigenvalue weighted by atomic mass is 9.93. The summed E-state index contributed by atoms with van der Waals surface area (Å²) in [5.41, 5.74) is 0.130. The first-order chi connectivity index (χ1) is 13.1. The summed E-state index contributed by atoms with van der Waals surface area (Å²) in [7, 11) is 0. The van der Waals surface area contributed by atoms with E-state index in [9.17, 15) is 14.7 Å². The maximum atomic E-state index is 12.6. The van der Waals surface area contributed by atoms with Crippen molar-refractivity contribution < 1.29 is 14.7 Å². The quantitative estimate of drug-likeness (QED) is 0.834. The molecule has 7 nitrogen and oxygen atoms in total. The Morgan fingerprint density at radius 1 is 1.11 bits per heavy atom. The van der Waals surface area contributed by atoms with Gasteiger partial charge in [0.1, 0.15) is 5.75 Å². The molecule has 1 unspecified atom stereocenters. The number of nitrogens with one attached hydrogen (secondary N) is 1. The second kappa shape index (κ2) is 7.84. The summed E-state index contributed by atoms with van der Waals surface area (Å²) in [5, 5.41) is 13.0. The van der Waals surface area contributed by atoms with E-state index in [1.165, 1.54) is 12.3 Å². The van der Waals surface area contributed by atoms with Crippen molar-refractivity contribution in [2.45, 2.75) is 50.6 Å². The molecule has 27 heavy (non-hydrogen) atoms. The Hall–Kier alpha value is -2.15. The Labute approximate surface area is 159 Å². The zero-order valence-corrected chi connectivity index (χ0v) is 15.6. The number of amides is 2. The van der Waals surface area contributed by atoms with E-state index in [0.29, 0.717) is 25.2 Å². The number of piperidine rings is 2. The van der Waals surface area contributed by atoms with E-state index >= 15 is 0 Å². The van der Waals surface area contributed by atoms with Crippen LogP contribution in [0.2, 0.25) is 0 Å². The van der Waals surface area contributed by atoms with Gasteiger partial charge in [-0.2, -0.15) is 0 Å². The van der Waals surface area contributed by atoms with Crippen molar-refractivity contribution in [3.63, 3.8) is 0 Å². The molecular weight excluding hydrogens is 344 g/mol. The van der Waals surface area contributed by atoms with E-state index < -0.39 is 0 Å². The second-order valence-corrected chi connectivity index (χ2v) is 8.01. The third-order valence-corrected chi connectivity index (χ3v) is 6.00. The van der Waals surface area contributed by atoms with Gasteiger partial charge in [0.2, 0.25) is 5.91 Å². The maximum absolute atomic E-state index is 12.6. The highest BCUT2D eigenvalue weighted by Crippen LogP contribution is 2.26. The summed E-state index contributed by atoms with van der Waals surface area (Å²) in [5.74, 6) is 0.0574. The average Bonchev–Trinajstić information content (AvgIpc) is 3.52. The van der Waals surface area contributed by atoms with Crippen molar-refractivity contribution >= 4 is 11.8 Å². The molecule has 0 bridgehead atoms. The molecule has 2 N–H and O–H groups in total. The molecule has 1 aliphatic carbocycles. The van der Waals surface area contributed by atoms with E-state index in [-0.39, 0.29) is 29.2 Å². The Morgan fingerprint density at radius 3 is 2.59 bits per heavy atom. The van der Waals surface area contributed by atoms with Gasteiger partial charge in [0.25, 0.3) is 5.91 Å². The molecule has 4 rings (SSSR count). The molecule has 1 atom stereocenters. The van der Waals surface area contributed by atoms with E-state index in [2.05, 4.69) is 15.2 Å². The summed E-state index contributed by atoms with van der Waals surface area (Å²) in [4.78, 5) is 33.2. The lowest BCUT2D eigenvalue weighted by molar-refractivity contribution is -0.127. The highest BCUT2D eigenvalue weighted by molar-refractivity contribution is 5.94. The summed E-state index contributed by atoms with van der Waals surface area (Å²) >= 11 is 0. The van der Waals surface area contributed by atoms with Crippen molar-refractivity contribution in [2.75, 3.05) is 26.2 Å².